The third kappa shape index (κ3) is 4.35. The largest absolute Gasteiger partial charge is 0.143 e. The van der Waals surface area contributed by atoms with E-state index in [-0.39, 0.29) is 0 Å². The molecule has 0 aliphatic heterocycles. The predicted molar refractivity (Wildman–Crippen MR) is 55.2 cm³/mol. The Morgan fingerprint density at radius 1 is 1.27 bits per heavy atom. The monoisotopic (exact) mass is 245 g/mol. The highest BCUT2D eigenvalue weighted by Gasteiger charge is 1.77. The maximum atomic E-state index is 3.30. The Balaban J connectivity index is 0.000000112. The van der Waals surface area contributed by atoms with Crippen molar-refractivity contribution in [2.45, 2.75) is 0 Å². The molecule has 0 bridgehead atoms. The first kappa shape index (κ1) is 8.97. The van der Waals surface area contributed by atoms with E-state index in [1.54, 1.807) is 22.7 Å². The molecule has 57 valence electrons. The molecule has 3 heteroatoms. The lowest BCUT2D eigenvalue weighted by molar-refractivity contribution is 1.97. The summed E-state index contributed by atoms with van der Waals surface area (Å²) in [7, 11) is 0. The van der Waals surface area contributed by atoms with Gasteiger partial charge in [-0.1, -0.05) is 12.1 Å². The summed E-state index contributed by atoms with van der Waals surface area (Å²) in [6, 6.07) is 7.88. The summed E-state index contributed by atoms with van der Waals surface area (Å²) in [5.41, 5.74) is 0. The second-order valence-corrected chi connectivity index (χ2v) is 4.72. The highest BCUT2D eigenvalue weighted by atomic mass is 79.9. The third-order valence-electron chi connectivity index (χ3n) is 0.865. The van der Waals surface area contributed by atoms with Crippen LogP contribution in [0.5, 0.6) is 0 Å². The van der Waals surface area contributed by atoms with E-state index in [1.807, 2.05) is 35.0 Å². The van der Waals surface area contributed by atoms with Gasteiger partial charge in [-0.2, -0.15) is 0 Å². The van der Waals surface area contributed by atoms with Crippen LogP contribution in [0.3, 0.4) is 0 Å². The summed E-state index contributed by atoms with van der Waals surface area (Å²) in [4.78, 5) is 0. The van der Waals surface area contributed by atoms with E-state index in [0.717, 1.165) is 0 Å². The van der Waals surface area contributed by atoms with Crippen molar-refractivity contribution in [3.63, 3.8) is 0 Å². The number of thiophene rings is 2. The maximum Gasteiger partial charge on any atom is 0.0698 e. The topological polar surface area (TPSA) is 0 Å². The number of halogens is 1. The molecular weight excluding hydrogens is 240 g/mol. The lowest BCUT2D eigenvalue weighted by Gasteiger charge is -1.62. The van der Waals surface area contributed by atoms with Gasteiger partial charge in [0.25, 0.3) is 0 Å². The minimum Gasteiger partial charge on any atom is -0.143 e. The highest BCUT2D eigenvalue weighted by Crippen LogP contribution is 2.14. The van der Waals surface area contributed by atoms with Crippen LogP contribution in [0.25, 0.3) is 0 Å². The number of hydrogen-bond acceptors (Lipinski definition) is 2. The van der Waals surface area contributed by atoms with Crippen molar-refractivity contribution in [3.8, 4) is 0 Å². The summed E-state index contributed by atoms with van der Waals surface area (Å²) in [6.45, 7) is 0. The van der Waals surface area contributed by atoms with Gasteiger partial charge >= 0.3 is 0 Å². The molecule has 0 aromatic carbocycles. The van der Waals surface area contributed by atoms with Gasteiger partial charge in [0, 0.05) is 5.38 Å². The van der Waals surface area contributed by atoms with Crippen molar-refractivity contribution in [1.82, 2.24) is 0 Å². The van der Waals surface area contributed by atoms with Crippen LogP contribution >= 0.6 is 38.6 Å². The van der Waals surface area contributed by atoms with Crippen LogP contribution in [0.2, 0.25) is 0 Å². The zero-order chi connectivity index (χ0) is 7.94. The van der Waals surface area contributed by atoms with E-state index >= 15 is 0 Å². The van der Waals surface area contributed by atoms with Gasteiger partial charge in [-0.15, -0.1) is 22.7 Å². The van der Waals surface area contributed by atoms with Gasteiger partial charge in [0.1, 0.15) is 0 Å². The average molecular weight is 246 g/mol. The Hall–Kier alpha value is -0.120. The minimum absolute atomic E-state index is 1.20. The second kappa shape index (κ2) is 5.52. The van der Waals surface area contributed by atoms with Crippen molar-refractivity contribution >= 4 is 38.6 Å². The zero-order valence-electron chi connectivity index (χ0n) is 5.66. The van der Waals surface area contributed by atoms with E-state index < -0.39 is 0 Å². The van der Waals surface area contributed by atoms with Gasteiger partial charge in [0.2, 0.25) is 0 Å². The van der Waals surface area contributed by atoms with Gasteiger partial charge in [-0.05, 0) is 38.8 Å². The third-order valence-corrected chi connectivity index (χ3v) is 2.91. The molecule has 2 aromatic heterocycles. The molecule has 0 spiro atoms. The van der Waals surface area contributed by atoms with Crippen molar-refractivity contribution in [2.75, 3.05) is 0 Å². The molecule has 0 unspecified atom stereocenters. The summed E-state index contributed by atoms with van der Waals surface area (Å²) < 4.78 is 1.20. The van der Waals surface area contributed by atoms with Crippen LogP contribution in [-0.4, -0.2) is 0 Å². The van der Waals surface area contributed by atoms with E-state index in [1.165, 1.54) is 3.79 Å². The van der Waals surface area contributed by atoms with Gasteiger partial charge in [-0.3, -0.25) is 0 Å². The van der Waals surface area contributed by atoms with Crippen molar-refractivity contribution < 1.29 is 0 Å². The van der Waals surface area contributed by atoms with Crippen molar-refractivity contribution in [2.24, 2.45) is 0 Å². The molecule has 2 aromatic rings. The van der Waals surface area contributed by atoms with E-state index in [9.17, 15) is 0 Å². The van der Waals surface area contributed by atoms with E-state index in [0.29, 0.717) is 0 Å². The predicted octanol–water partition coefficient (Wildman–Crippen LogP) is 4.06. The Morgan fingerprint density at radius 3 is 2.36 bits per heavy atom. The molecule has 0 aliphatic rings. The molecule has 0 amide bonds. The van der Waals surface area contributed by atoms with Crippen LogP contribution in [0.15, 0.2) is 38.8 Å². The van der Waals surface area contributed by atoms with Crippen LogP contribution in [0, 0.1) is 5.38 Å². The fourth-order valence-corrected chi connectivity index (χ4v) is 1.77. The van der Waals surface area contributed by atoms with Crippen molar-refractivity contribution in [1.29, 1.82) is 0 Å². The first-order valence-corrected chi connectivity index (χ1v) is 5.53. The fraction of sp³-hybridized carbons (Fsp3) is 0. The van der Waals surface area contributed by atoms with Gasteiger partial charge in [-0.25, -0.2) is 0 Å². The molecule has 2 heterocycles. The highest BCUT2D eigenvalue weighted by molar-refractivity contribution is 9.11. The molecule has 0 N–H and O–H groups in total. The van der Waals surface area contributed by atoms with E-state index in [4.69, 9.17) is 0 Å². The summed E-state index contributed by atoms with van der Waals surface area (Å²) in [6.07, 6.45) is 0. The molecular formula is C8H6BrS2. The molecule has 0 nitrogen and oxygen atoms in total. The van der Waals surface area contributed by atoms with Crippen LogP contribution in [0.1, 0.15) is 0 Å². The number of rotatable bonds is 0. The summed E-state index contributed by atoms with van der Waals surface area (Å²) in [5.74, 6) is 0. The molecule has 0 fully saturated rings. The fourth-order valence-electron chi connectivity index (χ4n) is 0.455. The molecule has 11 heavy (non-hydrogen) atoms. The summed E-state index contributed by atoms with van der Waals surface area (Å²) >= 11 is 6.58. The standard InChI is InChI=1S/C4H3BrS.C4H3S/c5-4-2-1-3-6-4;1-2-4-5-3-1/h1-3H;1-3H. The lowest BCUT2D eigenvalue weighted by Crippen LogP contribution is -1.29. The Kier molecular flexibility index (Phi) is 4.50. The Bertz CT molecular complexity index is 230. The molecule has 2 rings (SSSR count). The lowest BCUT2D eigenvalue weighted by atomic mass is 10.7. The summed E-state index contributed by atoms with van der Waals surface area (Å²) in [5, 5.41) is 6.92. The Morgan fingerprint density at radius 2 is 2.18 bits per heavy atom. The van der Waals surface area contributed by atoms with Crippen LogP contribution in [-0.2, 0) is 0 Å². The van der Waals surface area contributed by atoms with Crippen LogP contribution < -0.4 is 0 Å². The minimum atomic E-state index is 1.20. The van der Waals surface area contributed by atoms with Crippen LogP contribution in [0.4, 0.5) is 0 Å². The smallest absolute Gasteiger partial charge is 0.0698 e. The second-order valence-electron chi connectivity index (χ2n) is 1.65. The Labute approximate surface area is 82.6 Å². The maximum absolute atomic E-state index is 3.30. The first-order valence-electron chi connectivity index (χ1n) is 2.98. The van der Waals surface area contributed by atoms with Gasteiger partial charge < -0.3 is 0 Å². The SMILES string of the molecule is Brc1cccs1.[c]1cccs1. The molecule has 0 atom stereocenters. The normalized spacial score (nSPS) is 8.45. The molecule has 0 saturated heterocycles. The molecule has 1 radical (unpaired) electrons. The molecule has 0 aliphatic carbocycles. The van der Waals surface area contributed by atoms with Gasteiger partial charge in [0.15, 0.2) is 0 Å². The average Bonchev–Trinajstić information content (AvgIpc) is 2.57. The van der Waals surface area contributed by atoms with Crippen molar-refractivity contribution in [3.05, 3.63) is 44.2 Å². The van der Waals surface area contributed by atoms with Gasteiger partial charge in [0.05, 0.1) is 3.79 Å². The zero-order valence-corrected chi connectivity index (χ0v) is 8.88. The quantitative estimate of drug-likeness (QED) is 0.657. The van der Waals surface area contributed by atoms with E-state index in [2.05, 4.69) is 21.3 Å². The first-order chi connectivity index (χ1) is 5.39. The molecule has 0 saturated carbocycles. The number of hydrogen-bond donors (Lipinski definition) is 0.